The molecule has 1 saturated carbocycles. The van der Waals surface area contributed by atoms with Crippen LogP contribution in [0.25, 0.3) is 0 Å². The van der Waals surface area contributed by atoms with Gasteiger partial charge in [0.05, 0.1) is 0 Å². The number of hydrogen-bond donors (Lipinski definition) is 2. The van der Waals surface area contributed by atoms with Crippen LogP contribution in [0.1, 0.15) is 25.7 Å². The lowest BCUT2D eigenvalue weighted by Crippen LogP contribution is -2.37. The molecule has 1 fully saturated rings. The number of benzene rings is 1. The Balaban J connectivity index is 1.62. The third-order valence-electron chi connectivity index (χ3n) is 4.34. The second-order valence-corrected chi connectivity index (χ2v) is 5.96. The van der Waals surface area contributed by atoms with Crippen molar-refractivity contribution in [3.05, 3.63) is 42.3 Å². The second kappa shape index (κ2) is 6.91. The predicted octanol–water partition coefficient (Wildman–Crippen LogP) is 3.37. The molecule has 1 aromatic heterocycles. The van der Waals surface area contributed by atoms with E-state index >= 15 is 0 Å². The highest BCUT2D eigenvalue weighted by atomic mass is 19.1. The van der Waals surface area contributed by atoms with Crippen molar-refractivity contribution in [1.82, 2.24) is 9.97 Å². The van der Waals surface area contributed by atoms with Crippen molar-refractivity contribution in [3.8, 4) is 11.6 Å². The van der Waals surface area contributed by atoms with Crippen molar-refractivity contribution in [2.45, 2.75) is 25.7 Å². The monoisotopic (exact) mass is 317 g/mol. The molecule has 0 aliphatic heterocycles. The number of aliphatic hydroxyl groups is 1. The molecule has 0 radical (unpaired) electrons. The molecule has 3 rings (SSSR count). The topological polar surface area (TPSA) is 67.3 Å². The highest BCUT2D eigenvalue weighted by Crippen LogP contribution is 2.43. The maximum atomic E-state index is 12.9. The maximum absolute atomic E-state index is 12.9. The van der Waals surface area contributed by atoms with Crippen molar-refractivity contribution in [1.29, 1.82) is 0 Å². The molecule has 1 aliphatic carbocycles. The van der Waals surface area contributed by atoms with E-state index in [2.05, 4.69) is 15.3 Å². The van der Waals surface area contributed by atoms with Gasteiger partial charge in [0.25, 0.3) is 0 Å². The largest absolute Gasteiger partial charge is 0.439 e. The molecule has 5 nitrogen and oxygen atoms in total. The number of nitrogens with one attached hydrogen (secondary N) is 1. The van der Waals surface area contributed by atoms with Gasteiger partial charge in [0.1, 0.15) is 11.6 Å². The SMILES string of the molecule is OCCC1(CNc2nccc(Oc3ccc(F)cc3)n2)CCC1. The smallest absolute Gasteiger partial charge is 0.225 e. The predicted molar refractivity (Wildman–Crippen MR) is 85.0 cm³/mol. The number of hydrogen-bond acceptors (Lipinski definition) is 5. The van der Waals surface area contributed by atoms with Crippen molar-refractivity contribution in [2.24, 2.45) is 5.41 Å². The van der Waals surface area contributed by atoms with Crippen LogP contribution < -0.4 is 10.1 Å². The van der Waals surface area contributed by atoms with Crippen molar-refractivity contribution < 1.29 is 14.2 Å². The molecule has 23 heavy (non-hydrogen) atoms. The minimum Gasteiger partial charge on any atom is -0.439 e. The quantitative estimate of drug-likeness (QED) is 0.819. The van der Waals surface area contributed by atoms with Crippen LogP contribution in [0.15, 0.2) is 36.5 Å². The molecule has 0 amide bonds. The van der Waals surface area contributed by atoms with Crippen LogP contribution in [0, 0.1) is 11.2 Å². The molecule has 0 spiro atoms. The van der Waals surface area contributed by atoms with Gasteiger partial charge < -0.3 is 15.2 Å². The van der Waals surface area contributed by atoms with Gasteiger partial charge in [-0.05, 0) is 48.9 Å². The van der Waals surface area contributed by atoms with E-state index in [0.29, 0.717) is 17.6 Å². The van der Waals surface area contributed by atoms with Crippen molar-refractivity contribution in [2.75, 3.05) is 18.5 Å². The third-order valence-corrected chi connectivity index (χ3v) is 4.34. The maximum Gasteiger partial charge on any atom is 0.225 e. The van der Waals surface area contributed by atoms with Gasteiger partial charge >= 0.3 is 0 Å². The second-order valence-electron chi connectivity index (χ2n) is 5.96. The first-order chi connectivity index (χ1) is 11.2. The van der Waals surface area contributed by atoms with Gasteiger partial charge in [0, 0.05) is 25.4 Å². The summed E-state index contributed by atoms with van der Waals surface area (Å²) in [6, 6.07) is 7.43. The molecular formula is C17H20FN3O2. The van der Waals surface area contributed by atoms with Crippen LogP contribution in [0.2, 0.25) is 0 Å². The van der Waals surface area contributed by atoms with Crippen molar-refractivity contribution >= 4 is 5.95 Å². The van der Waals surface area contributed by atoms with Gasteiger partial charge in [0.2, 0.25) is 11.8 Å². The highest BCUT2D eigenvalue weighted by molar-refractivity contribution is 5.32. The summed E-state index contributed by atoms with van der Waals surface area (Å²) in [4.78, 5) is 8.50. The summed E-state index contributed by atoms with van der Waals surface area (Å²) in [6.45, 7) is 0.948. The van der Waals surface area contributed by atoms with Crippen LogP contribution in [0.3, 0.4) is 0 Å². The standard InChI is InChI=1S/C17H20FN3O2/c18-13-2-4-14(5-3-13)23-15-6-10-19-16(21-15)20-12-17(9-11-22)7-1-8-17/h2-6,10,22H,1,7-9,11-12H2,(H,19,20,21). The van der Waals surface area contributed by atoms with Crippen LogP contribution in [-0.2, 0) is 0 Å². The molecule has 2 aromatic rings. The summed E-state index contributed by atoms with van der Waals surface area (Å²) >= 11 is 0. The van der Waals surface area contributed by atoms with Gasteiger partial charge in [-0.2, -0.15) is 4.98 Å². The zero-order chi connectivity index (χ0) is 16.1. The van der Waals surface area contributed by atoms with E-state index in [1.165, 1.54) is 18.6 Å². The molecule has 0 unspecified atom stereocenters. The molecular weight excluding hydrogens is 297 g/mol. The summed E-state index contributed by atoms with van der Waals surface area (Å²) in [5, 5.41) is 12.4. The van der Waals surface area contributed by atoms with E-state index < -0.39 is 0 Å². The van der Waals surface area contributed by atoms with Crippen molar-refractivity contribution in [3.63, 3.8) is 0 Å². The molecule has 0 saturated heterocycles. The lowest BCUT2D eigenvalue weighted by Gasteiger charge is -2.41. The molecule has 0 atom stereocenters. The molecule has 6 heteroatoms. The average molecular weight is 317 g/mol. The van der Waals surface area contributed by atoms with Gasteiger partial charge in [-0.25, -0.2) is 9.37 Å². The fraction of sp³-hybridized carbons (Fsp3) is 0.412. The van der Waals surface area contributed by atoms with Gasteiger partial charge in [-0.15, -0.1) is 0 Å². The summed E-state index contributed by atoms with van der Waals surface area (Å²) in [5.41, 5.74) is 0.159. The van der Waals surface area contributed by atoms with E-state index in [0.717, 1.165) is 25.8 Å². The minimum absolute atomic E-state index is 0.159. The minimum atomic E-state index is -0.308. The number of aromatic nitrogens is 2. The summed E-state index contributed by atoms with van der Waals surface area (Å²) in [6.07, 6.45) is 5.86. The number of ether oxygens (including phenoxy) is 1. The number of halogens is 1. The summed E-state index contributed by atoms with van der Waals surface area (Å²) < 4.78 is 18.5. The van der Waals surface area contributed by atoms with Crippen LogP contribution in [0.5, 0.6) is 11.6 Å². The Morgan fingerprint density at radius 3 is 2.65 bits per heavy atom. The van der Waals surface area contributed by atoms with Crippen LogP contribution in [-0.4, -0.2) is 28.2 Å². The number of anilines is 1. The number of aliphatic hydroxyl groups excluding tert-OH is 1. The summed E-state index contributed by atoms with van der Waals surface area (Å²) in [5.74, 6) is 1.11. The van der Waals surface area contributed by atoms with E-state index in [4.69, 9.17) is 4.74 Å². The van der Waals surface area contributed by atoms with E-state index in [1.807, 2.05) is 0 Å². The fourth-order valence-corrected chi connectivity index (χ4v) is 2.80. The molecule has 0 bridgehead atoms. The fourth-order valence-electron chi connectivity index (χ4n) is 2.80. The zero-order valence-electron chi connectivity index (χ0n) is 12.8. The first kappa shape index (κ1) is 15.7. The zero-order valence-corrected chi connectivity index (χ0v) is 12.8. The third kappa shape index (κ3) is 3.96. The molecule has 1 heterocycles. The molecule has 1 aliphatic rings. The average Bonchev–Trinajstić information content (AvgIpc) is 2.52. The Bertz CT molecular complexity index is 645. The normalized spacial score (nSPS) is 15.7. The molecule has 122 valence electrons. The number of nitrogens with zero attached hydrogens (tertiary/aromatic N) is 2. The Morgan fingerprint density at radius 2 is 2.00 bits per heavy atom. The lowest BCUT2D eigenvalue weighted by molar-refractivity contribution is 0.101. The van der Waals surface area contributed by atoms with Gasteiger partial charge in [-0.1, -0.05) is 6.42 Å². The Labute approximate surface area is 134 Å². The highest BCUT2D eigenvalue weighted by Gasteiger charge is 2.36. The first-order valence-electron chi connectivity index (χ1n) is 7.80. The van der Waals surface area contributed by atoms with E-state index in [1.54, 1.807) is 24.4 Å². The van der Waals surface area contributed by atoms with Crippen LogP contribution in [0.4, 0.5) is 10.3 Å². The van der Waals surface area contributed by atoms with Crippen LogP contribution >= 0.6 is 0 Å². The van der Waals surface area contributed by atoms with Gasteiger partial charge in [-0.3, -0.25) is 0 Å². The lowest BCUT2D eigenvalue weighted by atomic mass is 9.67. The summed E-state index contributed by atoms with van der Waals surface area (Å²) in [7, 11) is 0. The molecule has 1 aromatic carbocycles. The molecule has 2 N–H and O–H groups in total. The Hall–Kier alpha value is -2.21. The number of rotatable bonds is 7. The van der Waals surface area contributed by atoms with E-state index in [-0.39, 0.29) is 17.8 Å². The van der Waals surface area contributed by atoms with Gasteiger partial charge in [0.15, 0.2) is 0 Å². The first-order valence-corrected chi connectivity index (χ1v) is 7.80. The van der Waals surface area contributed by atoms with E-state index in [9.17, 15) is 9.50 Å². The Morgan fingerprint density at radius 1 is 1.22 bits per heavy atom. The Kier molecular flexibility index (Phi) is 4.71.